The molecule has 3 N–H and O–H groups in total. The van der Waals surface area contributed by atoms with E-state index in [9.17, 15) is 19.5 Å². The van der Waals surface area contributed by atoms with Gasteiger partial charge in [0.1, 0.15) is 6.61 Å². The highest BCUT2D eigenvalue weighted by Crippen LogP contribution is 2.12. The smallest absolute Gasteiger partial charge is 0.305 e. The predicted molar refractivity (Wildman–Crippen MR) is 155 cm³/mol. The van der Waals surface area contributed by atoms with E-state index in [2.05, 4.69) is 23.8 Å². The zero-order valence-electron chi connectivity index (χ0n) is 23.1. The molecule has 0 unspecified atom stereocenters. The maximum atomic E-state index is 13.2. The Kier molecular flexibility index (Phi) is 15.7. The van der Waals surface area contributed by atoms with Crippen LogP contribution in [0.15, 0.2) is 86.0 Å². The topological polar surface area (TPSA) is 114 Å². The molecule has 2 aromatic rings. The van der Waals surface area contributed by atoms with Crippen LogP contribution >= 0.6 is 0 Å². The van der Waals surface area contributed by atoms with Crippen molar-refractivity contribution >= 4 is 17.8 Å². The Labute approximate surface area is 237 Å². The number of hydrogen-bond donors (Lipinski definition) is 3. The second kappa shape index (κ2) is 19.3. The van der Waals surface area contributed by atoms with Gasteiger partial charge < -0.3 is 25.2 Å². The minimum Gasteiger partial charge on any atom is -0.463 e. The quantitative estimate of drug-likeness (QED) is 0.131. The van der Waals surface area contributed by atoms with E-state index < -0.39 is 18.0 Å². The van der Waals surface area contributed by atoms with Gasteiger partial charge in [0, 0.05) is 12.8 Å². The maximum Gasteiger partial charge on any atom is 0.305 e. The molecule has 0 spiro atoms. The molecule has 8 heteroatoms. The summed E-state index contributed by atoms with van der Waals surface area (Å²) in [5.41, 5.74) is 1.96. The zero-order chi connectivity index (χ0) is 29.0. The number of rotatable bonds is 20. The Balaban J connectivity index is 1.97. The summed E-state index contributed by atoms with van der Waals surface area (Å²) in [6.07, 6.45) is 5.61. The Bertz CT molecular complexity index is 1040. The van der Waals surface area contributed by atoms with Gasteiger partial charge in [-0.3, -0.25) is 14.4 Å². The molecule has 2 rings (SSSR count). The van der Waals surface area contributed by atoms with Crippen LogP contribution in [0.2, 0.25) is 0 Å². The van der Waals surface area contributed by atoms with Gasteiger partial charge in [0.15, 0.2) is 0 Å². The number of hydrogen-bond acceptors (Lipinski definition) is 6. The fourth-order valence-corrected chi connectivity index (χ4v) is 4.05. The van der Waals surface area contributed by atoms with Crippen molar-refractivity contribution in [3.8, 4) is 0 Å². The standard InChI is InChI=1S/C32H42N2O6/c1-3-5-8-18-31(37)40-24-29(23-39-22-26-16-11-7-12-17-26)34-32(38)27(13-4-2)20-30(36)33-28(21-35)19-25-14-9-6-10-15-25/h3-4,6-7,9-12,14-17,27-29,35H,1-2,5,8,13,18-24H2,(H,33,36)(H,34,38)/t27-,28-,29+/m1/s1. The highest BCUT2D eigenvalue weighted by molar-refractivity contribution is 5.86. The molecule has 0 aliphatic heterocycles. The minimum absolute atomic E-state index is 0.0515. The van der Waals surface area contributed by atoms with Crippen LogP contribution in [0.3, 0.4) is 0 Å². The van der Waals surface area contributed by atoms with Crippen molar-refractivity contribution in [2.45, 2.75) is 57.2 Å². The molecule has 0 heterocycles. The van der Waals surface area contributed by atoms with Crippen LogP contribution in [0.1, 0.15) is 43.2 Å². The van der Waals surface area contributed by atoms with E-state index in [1.54, 1.807) is 12.2 Å². The first kappa shape index (κ1) is 32.5. The summed E-state index contributed by atoms with van der Waals surface area (Å²) in [6, 6.07) is 18.1. The van der Waals surface area contributed by atoms with E-state index in [0.717, 1.165) is 11.1 Å². The van der Waals surface area contributed by atoms with Gasteiger partial charge in [0.25, 0.3) is 0 Å². The van der Waals surface area contributed by atoms with E-state index in [4.69, 9.17) is 9.47 Å². The van der Waals surface area contributed by atoms with Crippen molar-refractivity contribution in [1.82, 2.24) is 10.6 Å². The molecule has 0 radical (unpaired) electrons. The fraction of sp³-hybridized carbons (Fsp3) is 0.406. The van der Waals surface area contributed by atoms with Gasteiger partial charge in [-0.25, -0.2) is 0 Å². The fourth-order valence-electron chi connectivity index (χ4n) is 4.05. The lowest BCUT2D eigenvalue weighted by Crippen LogP contribution is -2.46. The number of nitrogens with one attached hydrogen (secondary N) is 2. The number of unbranched alkanes of at least 4 members (excludes halogenated alkanes) is 1. The number of aliphatic hydroxyl groups is 1. The van der Waals surface area contributed by atoms with Gasteiger partial charge >= 0.3 is 5.97 Å². The van der Waals surface area contributed by atoms with Crippen LogP contribution in [0, 0.1) is 5.92 Å². The Morgan fingerprint density at radius 2 is 1.55 bits per heavy atom. The molecule has 0 saturated carbocycles. The van der Waals surface area contributed by atoms with Gasteiger partial charge in [-0.2, -0.15) is 0 Å². The van der Waals surface area contributed by atoms with Crippen molar-refractivity contribution in [2.75, 3.05) is 19.8 Å². The van der Waals surface area contributed by atoms with Gasteiger partial charge in [-0.05, 0) is 36.8 Å². The summed E-state index contributed by atoms with van der Waals surface area (Å²) in [7, 11) is 0. The van der Waals surface area contributed by atoms with Crippen LogP contribution in [-0.2, 0) is 36.9 Å². The number of esters is 1. The molecule has 8 nitrogen and oxygen atoms in total. The summed E-state index contributed by atoms with van der Waals surface area (Å²) in [6.45, 7) is 7.56. The second-order valence-corrected chi connectivity index (χ2v) is 9.63. The van der Waals surface area contributed by atoms with Crippen molar-refractivity contribution in [1.29, 1.82) is 0 Å². The third-order valence-corrected chi connectivity index (χ3v) is 6.18. The van der Waals surface area contributed by atoms with Crippen molar-refractivity contribution in [2.24, 2.45) is 5.92 Å². The van der Waals surface area contributed by atoms with Crippen LogP contribution in [-0.4, -0.2) is 54.8 Å². The second-order valence-electron chi connectivity index (χ2n) is 9.63. The Morgan fingerprint density at radius 3 is 2.17 bits per heavy atom. The van der Waals surface area contributed by atoms with Gasteiger partial charge in [0.05, 0.1) is 37.8 Å². The van der Waals surface area contributed by atoms with Gasteiger partial charge in [-0.15, -0.1) is 13.2 Å². The van der Waals surface area contributed by atoms with Crippen molar-refractivity contribution in [3.05, 3.63) is 97.1 Å². The highest BCUT2D eigenvalue weighted by Gasteiger charge is 2.25. The molecule has 0 bridgehead atoms. The SMILES string of the molecule is C=CCCCC(=O)OC[C@H](COCc1ccccc1)NC(=O)[C@H](CC=C)CC(=O)N[C@@H](CO)Cc1ccccc1. The van der Waals surface area contributed by atoms with E-state index in [1.807, 2.05) is 60.7 Å². The molecule has 2 amide bonds. The molecule has 0 saturated heterocycles. The lowest BCUT2D eigenvalue weighted by Gasteiger charge is -2.23. The lowest BCUT2D eigenvalue weighted by atomic mass is 9.98. The third-order valence-electron chi connectivity index (χ3n) is 6.18. The van der Waals surface area contributed by atoms with Crippen molar-refractivity contribution < 1.29 is 29.0 Å². The summed E-state index contributed by atoms with van der Waals surface area (Å²) in [4.78, 5) is 38.2. The monoisotopic (exact) mass is 550 g/mol. The van der Waals surface area contributed by atoms with Crippen LogP contribution in [0.4, 0.5) is 0 Å². The number of aliphatic hydroxyl groups excluding tert-OH is 1. The molecule has 0 aliphatic rings. The lowest BCUT2D eigenvalue weighted by molar-refractivity contribution is -0.146. The average molecular weight is 551 g/mol. The van der Waals surface area contributed by atoms with Crippen LogP contribution in [0.5, 0.6) is 0 Å². The molecule has 3 atom stereocenters. The summed E-state index contributed by atoms with van der Waals surface area (Å²) >= 11 is 0. The molecular weight excluding hydrogens is 508 g/mol. The number of benzene rings is 2. The molecule has 40 heavy (non-hydrogen) atoms. The molecule has 0 aliphatic carbocycles. The largest absolute Gasteiger partial charge is 0.463 e. The third kappa shape index (κ3) is 13.4. The number of carbonyl (C=O) groups excluding carboxylic acids is 3. The first-order valence-electron chi connectivity index (χ1n) is 13.7. The zero-order valence-corrected chi connectivity index (χ0v) is 23.1. The van der Waals surface area contributed by atoms with E-state index in [1.165, 1.54) is 0 Å². The molecule has 216 valence electrons. The van der Waals surface area contributed by atoms with E-state index in [-0.39, 0.29) is 56.9 Å². The first-order valence-corrected chi connectivity index (χ1v) is 13.7. The summed E-state index contributed by atoms with van der Waals surface area (Å²) < 4.78 is 11.2. The summed E-state index contributed by atoms with van der Waals surface area (Å²) in [5, 5.41) is 15.5. The molecule has 2 aromatic carbocycles. The minimum atomic E-state index is -0.687. The number of carbonyl (C=O) groups is 3. The maximum absolute atomic E-state index is 13.2. The normalized spacial score (nSPS) is 12.9. The molecule has 0 aromatic heterocycles. The Hall–Kier alpha value is -3.75. The summed E-state index contributed by atoms with van der Waals surface area (Å²) in [5.74, 6) is -1.76. The average Bonchev–Trinajstić information content (AvgIpc) is 2.96. The molecular formula is C32H42N2O6. The van der Waals surface area contributed by atoms with Gasteiger partial charge in [0.2, 0.25) is 11.8 Å². The number of ether oxygens (including phenoxy) is 2. The van der Waals surface area contributed by atoms with Crippen LogP contribution in [0.25, 0.3) is 0 Å². The Morgan fingerprint density at radius 1 is 0.875 bits per heavy atom. The number of allylic oxidation sites excluding steroid dienone is 2. The van der Waals surface area contributed by atoms with Crippen LogP contribution < -0.4 is 10.6 Å². The van der Waals surface area contributed by atoms with E-state index >= 15 is 0 Å². The van der Waals surface area contributed by atoms with E-state index in [0.29, 0.717) is 25.9 Å². The first-order chi connectivity index (χ1) is 19.4. The van der Waals surface area contributed by atoms with Gasteiger partial charge in [-0.1, -0.05) is 72.8 Å². The van der Waals surface area contributed by atoms with Crippen molar-refractivity contribution in [3.63, 3.8) is 0 Å². The highest BCUT2D eigenvalue weighted by atomic mass is 16.5. The number of amides is 2. The predicted octanol–water partition coefficient (Wildman–Crippen LogP) is 3.89. The molecule has 0 fully saturated rings.